The van der Waals surface area contributed by atoms with E-state index in [-0.39, 0.29) is 0 Å². The fraction of sp³-hybridized carbons (Fsp3) is 1.00. The van der Waals surface area contributed by atoms with Crippen molar-refractivity contribution in [1.82, 2.24) is 0 Å². The van der Waals surface area contributed by atoms with Gasteiger partial charge in [-0.15, -0.1) is 0 Å². The van der Waals surface area contributed by atoms with Gasteiger partial charge in [0.2, 0.25) is 0 Å². The minimum Gasteiger partial charge on any atom is -0.379 e. The molecule has 2 unspecified atom stereocenters. The maximum Gasteiger partial charge on any atom is 0.104 e. The first-order chi connectivity index (χ1) is 10.8. The van der Waals surface area contributed by atoms with Crippen molar-refractivity contribution in [3.8, 4) is 0 Å². The minimum atomic E-state index is 0.426. The third-order valence-corrected chi connectivity index (χ3v) is 4.74. The molecule has 0 aromatic heterocycles. The summed E-state index contributed by atoms with van der Waals surface area (Å²) in [5.41, 5.74) is 0. The van der Waals surface area contributed by atoms with Crippen LogP contribution in [0.15, 0.2) is 0 Å². The standard InChI is InChI=1S/C20H40O2/c1-3-4-14-19(2)15-12-10-8-6-5-7-9-11-13-16-21-17-20-18-22-20/h19-20H,3-18H2,1-2H3. The van der Waals surface area contributed by atoms with Crippen molar-refractivity contribution in [2.75, 3.05) is 19.8 Å². The highest BCUT2D eigenvalue weighted by atomic mass is 16.6. The van der Waals surface area contributed by atoms with Crippen LogP contribution in [0.25, 0.3) is 0 Å². The highest BCUT2D eigenvalue weighted by Crippen LogP contribution is 2.17. The number of ether oxygens (including phenoxy) is 2. The average molecular weight is 313 g/mol. The molecular weight excluding hydrogens is 272 g/mol. The van der Waals surface area contributed by atoms with E-state index in [1.165, 1.54) is 83.5 Å². The first kappa shape index (κ1) is 20.0. The Hall–Kier alpha value is -0.0800. The molecule has 1 saturated heterocycles. The summed E-state index contributed by atoms with van der Waals surface area (Å²) in [7, 11) is 0. The first-order valence-electron chi connectivity index (χ1n) is 10.0. The van der Waals surface area contributed by atoms with Crippen molar-refractivity contribution in [3.05, 3.63) is 0 Å². The zero-order chi connectivity index (χ0) is 15.9. The fourth-order valence-corrected chi connectivity index (χ4v) is 3.01. The van der Waals surface area contributed by atoms with Gasteiger partial charge in [0.15, 0.2) is 0 Å². The van der Waals surface area contributed by atoms with Crippen LogP contribution in [0.2, 0.25) is 0 Å². The van der Waals surface area contributed by atoms with E-state index in [2.05, 4.69) is 13.8 Å². The molecule has 2 atom stereocenters. The van der Waals surface area contributed by atoms with Crippen LogP contribution in [-0.4, -0.2) is 25.9 Å². The molecule has 0 aromatic carbocycles. The van der Waals surface area contributed by atoms with Gasteiger partial charge in [0.05, 0.1) is 13.2 Å². The molecule has 0 aromatic rings. The second-order valence-electron chi connectivity index (χ2n) is 7.25. The van der Waals surface area contributed by atoms with E-state index < -0.39 is 0 Å². The topological polar surface area (TPSA) is 21.8 Å². The van der Waals surface area contributed by atoms with E-state index in [1.54, 1.807) is 0 Å². The molecule has 22 heavy (non-hydrogen) atoms. The largest absolute Gasteiger partial charge is 0.379 e. The Morgan fingerprint density at radius 3 is 2.00 bits per heavy atom. The zero-order valence-electron chi connectivity index (χ0n) is 15.3. The third kappa shape index (κ3) is 13.6. The molecule has 1 rings (SSSR count). The van der Waals surface area contributed by atoms with Gasteiger partial charge in [-0.2, -0.15) is 0 Å². The van der Waals surface area contributed by atoms with Crippen LogP contribution < -0.4 is 0 Å². The SMILES string of the molecule is CCCCC(C)CCCCCCCCCCCOCC1CO1. The summed E-state index contributed by atoms with van der Waals surface area (Å²) in [5.74, 6) is 0.952. The summed E-state index contributed by atoms with van der Waals surface area (Å²) >= 11 is 0. The number of unbranched alkanes of at least 4 members (excludes halogenated alkanes) is 9. The van der Waals surface area contributed by atoms with Crippen molar-refractivity contribution < 1.29 is 9.47 Å². The molecule has 2 nitrogen and oxygen atoms in total. The molecule has 0 N–H and O–H groups in total. The van der Waals surface area contributed by atoms with E-state index in [0.29, 0.717) is 6.10 Å². The third-order valence-electron chi connectivity index (χ3n) is 4.74. The second kappa shape index (κ2) is 14.5. The van der Waals surface area contributed by atoms with Gasteiger partial charge in [-0.3, -0.25) is 0 Å². The lowest BCUT2D eigenvalue weighted by atomic mass is 9.97. The number of epoxide rings is 1. The summed E-state index contributed by atoms with van der Waals surface area (Å²) in [5, 5.41) is 0. The van der Waals surface area contributed by atoms with Gasteiger partial charge < -0.3 is 9.47 Å². The Morgan fingerprint density at radius 1 is 0.864 bits per heavy atom. The van der Waals surface area contributed by atoms with Crippen LogP contribution in [0.5, 0.6) is 0 Å². The Morgan fingerprint density at radius 2 is 1.41 bits per heavy atom. The van der Waals surface area contributed by atoms with Gasteiger partial charge in [0, 0.05) is 6.61 Å². The van der Waals surface area contributed by atoms with Crippen LogP contribution in [0.3, 0.4) is 0 Å². The Labute approximate surface area is 139 Å². The van der Waals surface area contributed by atoms with Crippen molar-refractivity contribution in [3.63, 3.8) is 0 Å². The summed E-state index contributed by atoms with van der Waals surface area (Å²) < 4.78 is 10.7. The lowest BCUT2D eigenvalue weighted by Gasteiger charge is -2.10. The summed E-state index contributed by atoms with van der Waals surface area (Å²) in [6.07, 6.45) is 18.7. The van der Waals surface area contributed by atoms with Gasteiger partial charge >= 0.3 is 0 Å². The molecule has 1 heterocycles. The molecule has 0 radical (unpaired) electrons. The predicted octanol–water partition coefficient (Wildman–Crippen LogP) is 6.13. The molecule has 132 valence electrons. The van der Waals surface area contributed by atoms with E-state index in [1.807, 2.05) is 0 Å². The molecule has 0 amide bonds. The Kier molecular flexibility index (Phi) is 13.2. The second-order valence-corrected chi connectivity index (χ2v) is 7.25. The van der Waals surface area contributed by atoms with Crippen LogP contribution in [0.1, 0.15) is 97.3 Å². The minimum absolute atomic E-state index is 0.426. The quantitative estimate of drug-likeness (QED) is 0.238. The zero-order valence-corrected chi connectivity index (χ0v) is 15.3. The van der Waals surface area contributed by atoms with E-state index in [4.69, 9.17) is 9.47 Å². The Bertz CT molecular complexity index is 226. The van der Waals surface area contributed by atoms with Crippen LogP contribution in [-0.2, 0) is 9.47 Å². The predicted molar refractivity (Wildman–Crippen MR) is 95.4 cm³/mol. The van der Waals surface area contributed by atoms with E-state index in [0.717, 1.165) is 25.7 Å². The molecule has 0 spiro atoms. The van der Waals surface area contributed by atoms with Gasteiger partial charge in [-0.1, -0.05) is 90.9 Å². The molecule has 2 heteroatoms. The molecule has 1 aliphatic rings. The number of rotatable bonds is 17. The van der Waals surface area contributed by atoms with Crippen molar-refractivity contribution in [2.24, 2.45) is 5.92 Å². The molecular formula is C20H40O2. The van der Waals surface area contributed by atoms with Gasteiger partial charge in [-0.25, -0.2) is 0 Å². The maximum absolute atomic E-state index is 5.55. The average Bonchev–Trinajstić information content (AvgIpc) is 3.34. The first-order valence-corrected chi connectivity index (χ1v) is 10.0. The van der Waals surface area contributed by atoms with Crippen molar-refractivity contribution in [1.29, 1.82) is 0 Å². The van der Waals surface area contributed by atoms with Crippen LogP contribution >= 0.6 is 0 Å². The molecule has 1 aliphatic heterocycles. The Balaban J connectivity index is 1.65. The summed E-state index contributed by atoms with van der Waals surface area (Å²) in [6, 6.07) is 0. The van der Waals surface area contributed by atoms with Crippen molar-refractivity contribution >= 4 is 0 Å². The monoisotopic (exact) mass is 312 g/mol. The molecule has 1 fully saturated rings. The maximum atomic E-state index is 5.55. The molecule has 0 bridgehead atoms. The molecule has 0 saturated carbocycles. The van der Waals surface area contributed by atoms with Crippen LogP contribution in [0.4, 0.5) is 0 Å². The van der Waals surface area contributed by atoms with Crippen LogP contribution in [0, 0.1) is 5.92 Å². The summed E-state index contributed by atoms with van der Waals surface area (Å²) in [6.45, 7) is 7.38. The van der Waals surface area contributed by atoms with Gasteiger partial charge in [-0.05, 0) is 12.3 Å². The van der Waals surface area contributed by atoms with Gasteiger partial charge in [0.1, 0.15) is 6.10 Å². The number of hydrogen-bond acceptors (Lipinski definition) is 2. The van der Waals surface area contributed by atoms with E-state index >= 15 is 0 Å². The van der Waals surface area contributed by atoms with E-state index in [9.17, 15) is 0 Å². The van der Waals surface area contributed by atoms with Gasteiger partial charge in [0.25, 0.3) is 0 Å². The lowest BCUT2D eigenvalue weighted by molar-refractivity contribution is 0.113. The normalized spacial score (nSPS) is 18.5. The highest BCUT2D eigenvalue weighted by molar-refractivity contribution is 4.67. The lowest BCUT2D eigenvalue weighted by Crippen LogP contribution is -2.02. The smallest absolute Gasteiger partial charge is 0.104 e. The highest BCUT2D eigenvalue weighted by Gasteiger charge is 2.21. The van der Waals surface area contributed by atoms with Crippen molar-refractivity contribution in [2.45, 2.75) is 103 Å². The molecule has 0 aliphatic carbocycles. The summed E-state index contributed by atoms with van der Waals surface area (Å²) in [4.78, 5) is 0. The number of hydrogen-bond donors (Lipinski definition) is 0. The fourth-order valence-electron chi connectivity index (χ4n) is 3.01.